The summed E-state index contributed by atoms with van der Waals surface area (Å²) in [6.07, 6.45) is 0.908. The lowest BCUT2D eigenvalue weighted by Gasteiger charge is -2.32. The minimum absolute atomic E-state index is 0.318. The molecular formula is C11H16N2O2S2. The highest BCUT2D eigenvalue weighted by atomic mass is 32.2. The first kappa shape index (κ1) is 12.9. The molecule has 0 radical (unpaired) electrons. The molecule has 0 saturated carbocycles. The topological polar surface area (TPSA) is 53.4 Å². The van der Waals surface area contributed by atoms with Crippen molar-refractivity contribution >= 4 is 29.1 Å². The summed E-state index contributed by atoms with van der Waals surface area (Å²) in [5.74, 6) is 1.04. The predicted octanol–water partition coefficient (Wildman–Crippen LogP) is 1.50. The summed E-state index contributed by atoms with van der Waals surface area (Å²) in [6, 6.07) is -0.318. The summed E-state index contributed by atoms with van der Waals surface area (Å²) >= 11 is 3.39. The van der Waals surface area contributed by atoms with Gasteiger partial charge in [-0.3, -0.25) is 9.69 Å². The molecule has 1 unspecified atom stereocenters. The number of aryl methyl sites for hydroxylation is 1. The van der Waals surface area contributed by atoms with Gasteiger partial charge in [0.1, 0.15) is 6.04 Å². The number of nitrogens with zero attached hydrogens (tertiary/aromatic N) is 2. The first-order chi connectivity index (χ1) is 8.18. The number of hydrogen-bond acceptors (Lipinski definition) is 5. The fourth-order valence-electron chi connectivity index (χ4n) is 1.94. The van der Waals surface area contributed by atoms with Crippen LogP contribution in [0.5, 0.6) is 0 Å². The van der Waals surface area contributed by atoms with Crippen molar-refractivity contribution in [2.24, 2.45) is 0 Å². The Morgan fingerprint density at radius 2 is 2.53 bits per heavy atom. The van der Waals surface area contributed by atoms with E-state index >= 15 is 0 Å². The molecule has 0 amide bonds. The number of rotatable bonds is 4. The Morgan fingerprint density at radius 3 is 3.18 bits per heavy atom. The number of thioether (sulfide) groups is 1. The van der Waals surface area contributed by atoms with Crippen molar-refractivity contribution in [1.29, 1.82) is 0 Å². The lowest BCUT2D eigenvalue weighted by atomic mass is 10.2. The van der Waals surface area contributed by atoms with E-state index in [0.717, 1.165) is 31.0 Å². The number of hydrogen-bond donors (Lipinski definition) is 1. The molecular weight excluding hydrogens is 256 g/mol. The van der Waals surface area contributed by atoms with Gasteiger partial charge in [-0.05, 0) is 13.3 Å². The molecule has 0 bridgehead atoms. The van der Waals surface area contributed by atoms with Gasteiger partial charge in [-0.15, -0.1) is 11.3 Å². The van der Waals surface area contributed by atoms with Gasteiger partial charge in [0.2, 0.25) is 0 Å². The standard InChI is InChI=1S/C11H16N2O2S2/c1-8-10(17-7-12-8)2-3-13-4-5-16-6-9(13)11(14)15/h7,9H,2-6H2,1H3,(H,14,15). The van der Waals surface area contributed by atoms with E-state index in [9.17, 15) is 4.79 Å². The van der Waals surface area contributed by atoms with E-state index in [4.69, 9.17) is 5.11 Å². The highest BCUT2D eigenvalue weighted by molar-refractivity contribution is 7.99. The average molecular weight is 272 g/mol. The number of aromatic nitrogens is 1. The van der Waals surface area contributed by atoms with Gasteiger partial charge < -0.3 is 5.11 Å². The van der Waals surface area contributed by atoms with Crippen LogP contribution in [0.1, 0.15) is 10.6 Å². The van der Waals surface area contributed by atoms with Crippen molar-refractivity contribution < 1.29 is 9.90 Å². The molecule has 1 aromatic heterocycles. The second kappa shape index (κ2) is 5.84. The molecule has 0 spiro atoms. The molecule has 1 aliphatic rings. The van der Waals surface area contributed by atoms with E-state index in [-0.39, 0.29) is 6.04 Å². The van der Waals surface area contributed by atoms with Crippen LogP contribution in [0.2, 0.25) is 0 Å². The van der Waals surface area contributed by atoms with E-state index in [0.29, 0.717) is 5.75 Å². The third-order valence-corrected chi connectivity index (χ3v) is 5.01. The minimum Gasteiger partial charge on any atom is -0.480 e. The SMILES string of the molecule is Cc1ncsc1CCN1CCSCC1C(=O)O. The molecule has 1 fully saturated rings. The summed E-state index contributed by atoms with van der Waals surface area (Å²) in [5, 5.41) is 9.16. The van der Waals surface area contributed by atoms with E-state index < -0.39 is 5.97 Å². The van der Waals surface area contributed by atoms with Gasteiger partial charge in [-0.2, -0.15) is 11.8 Å². The van der Waals surface area contributed by atoms with Crippen LogP contribution in [-0.2, 0) is 11.2 Å². The zero-order chi connectivity index (χ0) is 12.3. The van der Waals surface area contributed by atoms with Crippen molar-refractivity contribution in [2.45, 2.75) is 19.4 Å². The van der Waals surface area contributed by atoms with Gasteiger partial charge in [0, 0.05) is 29.5 Å². The molecule has 4 nitrogen and oxygen atoms in total. The van der Waals surface area contributed by atoms with Crippen molar-refractivity contribution in [2.75, 3.05) is 24.6 Å². The monoisotopic (exact) mass is 272 g/mol. The lowest BCUT2D eigenvalue weighted by molar-refractivity contribution is -0.142. The fourth-order valence-corrected chi connectivity index (χ4v) is 3.82. The highest BCUT2D eigenvalue weighted by Gasteiger charge is 2.28. The van der Waals surface area contributed by atoms with Crippen LogP contribution in [0.3, 0.4) is 0 Å². The normalized spacial score (nSPS) is 21.6. The second-order valence-electron chi connectivity index (χ2n) is 4.08. The summed E-state index contributed by atoms with van der Waals surface area (Å²) < 4.78 is 0. The maximum absolute atomic E-state index is 11.1. The van der Waals surface area contributed by atoms with Crippen molar-refractivity contribution in [3.05, 3.63) is 16.1 Å². The number of carboxylic acids is 1. The quantitative estimate of drug-likeness (QED) is 0.900. The van der Waals surface area contributed by atoms with Crippen LogP contribution in [-0.4, -0.2) is 51.6 Å². The van der Waals surface area contributed by atoms with E-state index in [2.05, 4.69) is 9.88 Å². The molecule has 1 aliphatic heterocycles. The third kappa shape index (κ3) is 3.20. The summed E-state index contributed by atoms with van der Waals surface area (Å²) in [7, 11) is 0. The van der Waals surface area contributed by atoms with Gasteiger partial charge in [-0.25, -0.2) is 4.98 Å². The zero-order valence-electron chi connectivity index (χ0n) is 9.76. The smallest absolute Gasteiger partial charge is 0.321 e. The summed E-state index contributed by atoms with van der Waals surface area (Å²) in [5.41, 5.74) is 2.93. The van der Waals surface area contributed by atoms with Gasteiger partial charge in [0.15, 0.2) is 0 Å². The second-order valence-corrected chi connectivity index (χ2v) is 6.17. The number of aliphatic carboxylic acids is 1. The average Bonchev–Trinajstić information content (AvgIpc) is 2.72. The van der Waals surface area contributed by atoms with E-state index in [1.165, 1.54) is 4.88 Å². The van der Waals surface area contributed by atoms with Crippen LogP contribution < -0.4 is 0 Å². The van der Waals surface area contributed by atoms with Crippen LogP contribution in [0.25, 0.3) is 0 Å². The Hall–Kier alpha value is -0.590. The highest BCUT2D eigenvalue weighted by Crippen LogP contribution is 2.19. The Labute approximate surface area is 109 Å². The maximum atomic E-state index is 11.1. The maximum Gasteiger partial charge on any atom is 0.321 e. The minimum atomic E-state index is -0.696. The van der Waals surface area contributed by atoms with E-state index in [1.807, 2.05) is 12.4 Å². The third-order valence-electron chi connectivity index (χ3n) is 3.00. The fraction of sp³-hybridized carbons (Fsp3) is 0.636. The molecule has 2 rings (SSSR count). The predicted molar refractivity (Wildman–Crippen MR) is 70.9 cm³/mol. The molecule has 0 aliphatic carbocycles. The summed E-state index contributed by atoms with van der Waals surface area (Å²) in [4.78, 5) is 18.7. The van der Waals surface area contributed by atoms with Gasteiger partial charge in [0.25, 0.3) is 0 Å². The molecule has 17 heavy (non-hydrogen) atoms. The molecule has 94 valence electrons. The molecule has 1 atom stereocenters. The largest absolute Gasteiger partial charge is 0.480 e. The van der Waals surface area contributed by atoms with Crippen molar-refractivity contribution in [3.63, 3.8) is 0 Å². The first-order valence-corrected chi connectivity index (χ1v) is 7.65. The molecule has 1 saturated heterocycles. The van der Waals surface area contributed by atoms with Crippen molar-refractivity contribution in [1.82, 2.24) is 9.88 Å². The Kier molecular flexibility index (Phi) is 4.42. The van der Waals surface area contributed by atoms with E-state index in [1.54, 1.807) is 23.1 Å². The molecule has 1 aromatic rings. The van der Waals surface area contributed by atoms with Gasteiger partial charge >= 0.3 is 5.97 Å². The van der Waals surface area contributed by atoms with Gasteiger partial charge in [0.05, 0.1) is 11.2 Å². The Balaban J connectivity index is 1.92. The lowest BCUT2D eigenvalue weighted by Crippen LogP contribution is -2.47. The van der Waals surface area contributed by atoms with Gasteiger partial charge in [-0.1, -0.05) is 0 Å². The number of thiazole rings is 1. The zero-order valence-corrected chi connectivity index (χ0v) is 11.4. The molecule has 1 N–H and O–H groups in total. The Morgan fingerprint density at radius 1 is 1.71 bits per heavy atom. The van der Waals surface area contributed by atoms with Crippen LogP contribution in [0, 0.1) is 6.92 Å². The summed E-state index contributed by atoms with van der Waals surface area (Å²) in [6.45, 7) is 3.70. The van der Waals surface area contributed by atoms with Crippen LogP contribution in [0.4, 0.5) is 0 Å². The van der Waals surface area contributed by atoms with Crippen LogP contribution in [0.15, 0.2) is 5.51 Å². The van der Waals surface area contributed by atoms with Crippen molar-refractivity contribution in [3.8, 4) is 0 Å². The first-order valence-electron chi connectivity index (χ1n) is 5.62. The Bertz CT molecular complexity index is 395. The molecule has 2 heterocycles. The number of carboxylic acid groups (broad SMARTS) is 1. The van der Waals surface area contributed by atoms with Crippen LogP contribution >= 0.6 is 23.1 Å². The molecule has 6 heteroatoms. The number of carbonyl (C=O) groups is 1. The molecule has 0 aromatic carbocycles.